The molecule has 0 aliphatic heterocycles. The van der Waals surface area contributed by atoms with Crippen LogP contribution in [-0.2, 0) is 0 Å². The van der Waals surface area contributed by atoms with E-state index in [1.54, 1.807) is 6.07 Å². The number of carbonyl (C=O) groups excluding carboxylic acids is 1. The molecule has 1 N–H and O–H groups in total. The lowest BCUT2D eigenvalue weighted by Crippen LogP contribution is -2.13. The summed E-state index contributed by atoms with van der Waals surface area (Å²) in [5.74, 6) is -0.0245. The topological polar surface area (TPSA) is 72.2 Å². The van der Waals surface area contributed by atoms with Gasteiger partial charge in [-0.05, 0) is 36.1 Å². The molecule has 5 heteroatoms. The van der Waals surface area contributed by atoms with Crippen LogP contribution in [0.25, 0.3) is 0 Å². The maximum Gasteiger partial charge on any atom is 0.282 e. The van der Waals surface area contributed by atoms with E-state index >= 15 is 0 Å². The molecule has 22 heavy (non-hydrogen) atoms. The highest BCUT2D eigenvalue weighted by atomic mass is 16.6. The molecule has 0 radical (unpaired) electrons. The predicted octanol–water partition coefficient (Wildman–Crippen LogP) is 4.36. The number of hydrogen-bond donors (Lipinski definition) is 1. The standard InChI is InChI=1S/C17H18N2O3/c1-3-12(2)13-8-10-14(11-9-13)18-17(20)15-6-4-5-7-16(15)19(21)22/h4-12H,3H2,1-2H3,(H,18,20). The molecule has 2 aromatic carbocycles. The molecule has 5 nitrogen and oxygen atoms in total. The summed E-state index contributed by atoms with van der Waals surface area (Å²) < 4.78 is 0. The maximum atomic E-state index is 12.2. The molecule has 0 aromatic heterocycles. The number of nitrogens with one attached hydrogen (secondary N) is 1. The Morgan fingerprint density at radius 3 is 2.41 bits per heavy atom. The van der Waals surface area contributed by atoms with Crippen molar-refractivity contribution in [2.24, 2.45) is 0 Å². The van der Waals surface area contributed by atoms with Gasteiger partial charge in [0, 0.05) is 11.8 Å². The third-order valence-electron chi connectivity index (χ3n) is 3.70. The van der Waals surface area contributed by atoms with Crippen LogP contribution >= 0.6 is 0 Å². The Bertz CT molecular complexity index is 681. The SMILES string of the molecule is CCC(C)c1ccc(NC(=O)c2ccccc2[N+](=O)[O-])cc1. The van der Waals surface area contributed by atoms with Gasteiger partial charge in [0.1, 0.15) is 5.56 Å². The van der Waals surface area contributed by atoms with Gasteiger partial charge < -0.3 is 5.32 Å². The Labute approximate surface area is 129 Å². The lowest BCUT2D eigenvalue weighted by atomic mass is 9.98. The van der Waals surface area contributed by atoms with E-state index in [2.05, 4.69) is 19.2 Å². The van der Waals surface area contributed by atoms with Gasteiger partial charge in [0.2, 0.25) is 0 Å². The average molecular weight is 298 g/mol. The Morgan fingerprint density at radius 2 is 1.82 bits per heavy atom. The highest BCUT2D eigenvalue weighted by molar-refractivity contribution is 6.07. The van der Waals surface area contributed by atoms with E-state index in [0.717, 1.165) is 6.42 Å². The second-order valence-corrected chi connectivity index (χ2v) is 5.16. The molecule has 0 spiro atoms. The predicted molar refractivity (Wildman–Crippen MR) is 86.2 cm³/mol. The number of nitro benzene ring substituents is 1. The Morgan fingerprint density at radius 1 is 1.18 bits per heavy atom. The van der Waals surface area contributed by atoms with E-state index in [-0.39, 0.29) is 11.3 Å². The van der Waals surface area contributed by atoms with Crippen molar-refractivity contribution in [2.45, 2.75) is 26.2 Å². The molecule has 0 bridgehead atoms. The van der Waals surface area contributed by atoms with Gasteiger partial charge >= 0.3 is 0 Å². The molecular formula is C17H18N2O3. The first-order chi connectivity index (χ1) is 10.5. The summed E-state index contributed by atoms with van der Waals surface area (Å²) in [6, 6.07) is 13.5. The quantitative estimate of drug-likeness (QED) is 0.658. The third kappa shape index (κ3) is 3.49. The van der Waals surface area contributed by atoms with Gasteiger partial charge in [-0.1, -0.05) is 38.1 Å². The highest BCUT2D eigenvalue weighted by Crippen LogP contribution is 2.22. The maximum absolute atomic E-state index is 12.2. The molecule has 1 atom stereocenters. The fourth-order valence-corrected chi connectivity index (χ4v) is 2.15. The van der Waals surface area contributed by atoms with Gasteiger partial charge in [0.25, 0.3) is 11.6 Å². The number of nitrogens with zero attached hydrogens (tertiary/aromatic N) is 1. The summed E-state index contributed by atoms with van der Waals surface area (Å²) in [6.07, 6.45) is 1.04. The van der Waals surface area contributed by atoms with Gasteiger partial charge in [-0.2, -0.15) is 0 Å². The van der Waals surface area contributed by atoms with Gasteiger partial charge in [0.15, 0.2) is 0 Å². The molecule has 0 aliphatic carbocycles. The van der Waals surface area contributed by atoms with Crippen LogP contribution in [0.3, 0.4) is 0 Å². The van der Waals surface area contributed by atoms with E-state index in [0.29, 0.717) is 11.6 Å². The number of hydrogen-bond acceptors (Lipinski definition) is 3. The Balaban J connectivity index is 2.17. The van der Waals surface area contributed by atoms with Crippen LogP contribution < -0.4 is 5.32 Å². The first kappa shape index (κ1) is 15.7. The van der Waals surface area contributed by atoms with Crippen LogP contribution in [0.1, 0.15) is 42.1 Å². The second-order valence-electron chi connectivity index (χ2n) is 5.16. The number of benzene rings is 2. The summed E-state index contributed by atoms with van der Waals surface area (Å²) in [5, 5.41) is 13.7. The number of amides is 1. The molecule has 114 valence electrons. The molecule has 2 aromatic rings. The van der Waals surface area contributed by atoms with Gasteiger partial charge in [-0.3, -0.25) is 14.9 Å². The zero-order chi connectivity index (χ0) is 16.1. The minimum absolute atomic E-state index is 0.0542. The Kier molecular flexibility index (Phi) is 4.88. The highest BCUT2D eigenvalue weighted by Gasteiger charge is 2.19. The van der Waals surface area contributed by atoms with Crippen LogP contribution in [0, 0.1) is 10.1 Å². The van der Waals surface area contributed by atoms with Crippen molar-refractivity contribution >= 4 is 17.3 Å². The fourth-order valence-electron chi connectivity index (χ4n) is 2.15. The van der Waals surface area contributed by atoms with Crippen LogP contribution in [0.5, 0.6) is 0 Å². The molecule has 0 saturated heterocycles. The normalized spacial score (nSPS) is 11.7. The summed E-state index contributed by atoms with van der Waals surface area (Å²) >= 11 is 0. The smallest absolute Gasteiger partial charge is 0.282 e. The lowest BCUT2D eigenvalue weighted by Gasteiger charge is -2.10. The Hall–Kier alpha value is -2.69. The average Bonchev–Trinajstić information content (AvgIpc) is 2.54. The number of nitro groups is 1. The van der Waals surface area contributed by atoms with Crippen LogP contribution in [0.2, 0.25) is 0 Å². The lowest BCUT2D eigenvalue weighted by molar-refractivity contribution is -0.385. The summed E-state index contributed by atoms with van der Waals surface area (Å²) in [6.45, 7) is 4.26. The van der Waals surface area contributed by atoms with Gasteiger partial charge in [0.05, 0.1) is 4.92 Å². The minimum atomic E-state index is -0.555. The van der Waals surface area contributed by atoms with Crippen molar-refractivity contribution < 1.29 is 9.72 Å². The van der Waals surface area contributed by atoms with Crippen molar-refractivity contribution in [3.63, 3.8) is 0 Å². The summed E-state index contributed by atoms with van der Waals surface area (Å²) in [7, 11) is 0. The van der Waals surface area contributed by atoms with Crippen LogP contribution in [-0.4, -0.2) is 10.8 Å². The van der Waals surface area contributed by atoms with E-state index in [9.17, 15) is 14.9 Å². The zero-order valence-corrected chi connectivity index (χ0v) is 12.6. The number of para-hydroxylation sites is 1. The van der Waals surface area contributed by atoms with Crippen molar-refractivity contribution in [1.29, 1.82) is 0 Å². The van der Waals surface area contributed by atoms with E-state index in [1.165, 1.54) is 23.8 Å². The molecule has 2 rings (SSSR count). The van der Waals surface area contributed by atoms with E-state index < -0.39 is 10.8 Å². The van der Waals surface area contributed by atoms with Crippen molar-refractivity contribution in [3.8, 4) is 0 Å². The molecule has 1 amide bonds. The van der Waals surface area contributed by atoms with Gasteiger partial charge in [-0.25, -0.2) is 0 Å². The monoisotopic (exact) mass is 298 g/mol. The molecule has 1 unspecified atom stereocenters. The zero-order valence-electron chi connectivity index (χ0n) is 12.6. The van der Waals surface area contributed by atoms with Crippen molar-refractivity contribution in [2.75, 3.05) is 5.32 Å². The minimum Gasteiger partial charge on any atom is -0.322 e. The van der Waals surface area contributed by atoms with E-state index in [1.807, 2.05) is 24.3 Å². The number of anilines is 1. The van der Waals surface area contributed by atoms with E-state index in [4.69, 9.17) is 0 Å². The van der Waals surface area contributed by atoms with Gasteiger partial charge in [-0.15, -0.1) is 0 Å². The molecule has 0 fully saturated rings. The summed E-state index contributed by atoms with van der Waals surface area (Å²) in [4.78, 5) is 22.6. The molecule has 0 aliphatic rings. The van der Waals surface area contributed by atoms with Crippen molar-refractivity contribution in [3.05, 3.63) is 69.8 Å². The first-order valence-corrected chi connectivity index (χ1v) is 7.17. The molecule has 0 heterocycles. The molecule has 0 saturated carbocycles. The largest absolute Gasteiger partial charge is 0.322 e. The second kappa shape index (κ2) is 6.85. The van der Waals surface area contributed by atoms with Crippen LogP contribution in [0.15, 0.2) is 48.5 Å². The summed E-state index contributed by atoms with van der Waals surface area (Å²) in [5.41, 5.74) is 1.68. The third-order valence-corrected chi connectivity index (χ3v) is 3.70. The number of carbonyl (C=O) groups is 1. The fraction of sp³-hybridized carbons (Fsp3) is 0.235. The first-order valence-electron chi connectivity index (χ1n) is 7.17. The number of rotatable bonds is 5. The van der Waals surface area contributed by atoms with Crippen LogP contribution in [0.4, 0.5) is 11.4 Å². The molecular weight excluding hydrogens is 280 g/mol. The van der Waals surface area contributed by atoms with Crippen molar-refractivity contribution in [1.82, 2.24) is 0 Å².